The number of piperidine rings is 1. The Balaban J connectivity index is 1.70. The molecule has 0 spiro atoms. The minimum absolute atomic E-state index is 0.0131. The number of allylic oxidation sites excluding steroid dienone is 1. The third kappa shape index (κ3) is 5.35. The van der Waals surface area contributed by atoms with E-state index in [0.29, 0.717) is 17.1 Å². The fourth-order valence-electron chi connectivity index (χ4n) is 3.33. The molecule has 1 aromatic heterocycles. The van der Waals surface area contributed by atoms with Gasteiger partial charge < -0.3 is 19.1 Å². The Morgan fingerprint density at radius 1 is 1.23 bits per heavy atom. The normalized spacial score (nSPS) is 14.9. The van der Waals surface area contributed by atoms with E-state index in [1.807, 2.05) is 18.2 Å². The van der Waals surface area contributed by atoms with Crippen molar-refractivity contribution in [2.45, 2.75) is 18.9 Å². The Kier molecular flexibility index (Phi) is 7.77. The maximum absolute atomic E-state index is 11.4. The molecule has 0 N–H and O–H groups in total. The van der Waals surface area contributed by atoms with Crippen LogP contribution in [0.1, 0.15) is 23.3 Å². The van der Waals surface area contributed by atoms with E-state index in [0.717, 1.165) is 41.4 Å². The number of hydrogen-bond acceptors (Lipinski definition) is 7. The highest BCUT2D eigenvalue weighted by atomic mass is 79.9. The number of nitrogens with zero attached hydrogens (tertiary/aromatic N) is 2. The van der Waals surface area contributed by atoms with Crippen LogP contribution in [0.2, 0.25) is 0 Å². The molecule has 6 nitrogen and oxygen atoms in total. The van der Waals surface area contributed by atoms with Crippen molar-refractivity contribution in [1.82, 2.24) is 0 Å². The fraction of sp³-hybridized carbons (Fsp3) is 0.364. The van der Waals surface area contributed by atoms with Gasteiger partial charge in [0.25, 0.3) is 0 Å². The van der Waals surface area contributed by atoms with Crippen LogP contribution < -0.4 is 14.4 Å². The smallest absolute Gasteiger partial charge is 0.316 e. The summed E-state index contributed by atoms with van der Waals surface area (Å²) in [6.07, 6.45) is 3.51. The van der Waals surface area contributed by atoms with Gasteiger partial charge in [-0.2, -0.15) is 5.26 Å². The first kappa shape index (κ1) is 22.2. The minimum atomic E-state index is -0.212. The Hall–Kier alpha value is -2.50. The summed E-state index contributed by atoms with van der Waals surface area (Å²) in [4.78, 5) is 14.7. The van der Waals surface area contributed by atoms with Crippen molar-refractivity contribution in [2.24, 2.45) is 0 Å². The molecule has 2 heterocycles. The van der Waals surface area contributed by atoms with E-state index < -0.39 is 0 Å². The zero-order chi connectivity index (χ0) is 21.5. The van der Waals surface area contributed by atoms with Crippen LogP contribution in [0.5, 0.6) is 11.5 Å². The van der Waals surface area contributed by atoms with Gasteiger partial charge in [-0.15, -0.1) is 11.3 Å². The molecule has 0 atom stereocenters. The van der Waals surface area contributed by atoms with Gasteiger partial charge >= 0.3 is 5.97 Å². The summed E-state index contributed by atoms with van der Waals surface area (Å²) in [5.41, 5.74) is 1.34. The zero-order valence-electron chi connectivity index (χ0n) is 16.9. The van der Waals surface area contributed by atoms with Crippen molar-refractivity contribution in [3.63, 3.8) is 0 Å². The number of alkyl halides is 1. The maximum atomic E-state index is 11.4. The summed E-state index contributed by atoms with van der Waals surface area (Å²) in [6, 6.07) is 11.8. The van der Waals surface area contributed by atoms with E-state index >= 15 is 0 Å². The predicted octanol–water partition coefficient (Wildman–Crippen LogP) is 4.74. The highest BCUT2D eigenvalue weighted by Gasteiger charge is 2.23. The molecular formula is C22H23BrN2O4S. The van der Waals surface area contributed by atoms with Gasteiger partial charge in [0, 0.05) is 30.8 Å². The van der Waals surface area contributed by atoms with Crippen molar-refractivity contribution in [3.05, 3.63) is 40.8 Å². The van der Waals surface area contributed by atoms with Crippen molar-refractivity contribution >= 4 is 49.9 Å². The van der Waals surface area contributed by atoms with Gasteiger partial charge in [0.05, 0.1) is 30.9 Å². The second-order valence-corrected chi connectivity index (χ2v) is 8.38. The van der Waals surface area contributed by atoms with Gasteiger partial charge in [-0.1, -0.05) is 15.9 Å². The Morgan fingerprint density at radius 2 is 1.97 bits per heavy atom. The number of hydrogen-bond donors (Lipinski definition) is 0. The number of rotatable bonds is 7. The van der Waals surface area contributed by atoms with Gasteiger partial charge in [0.15, 0.2) is 11.5 Å². The van der Waals surface area contributed by atoms with Gasteiger partial charge in [-0.3, -0.25) is 4.79 Å². The number of nitriles is 1. The van der Waals surface area contributed by atoms with E-state index in [-0.39, 0.29) is 17.4 Å². The number of carbonyl (C=O) groups is 1. The van der Waals surface area contributed by atoms with Crippen LogP contribution in [0, 0.1) is 11.3 Å². The third-order valence-corrected chi connectivity index (χ3v) is 6.43. The van der Waals surface area contributed by atoms with E-state index in [9.17, 15) is 10.1 Å². The van der Waals surface area contributed by atoms with Crippen molar-refractivity contribution in [2.75, 3.05) is 37.5 Å². The zero-order valence-corrected chi connectivity index (χ0v) is 19.3. The first-order valence-electron chi connectivity index (χ1n) is 9.52. The molecule has 0 aliphatic carbocycles. The molecule has 0 radical (unpaired) electrons. The topological polar surface area (TPSA) is 71.8 Å². The van der Waals surface area contributed by atoms with E-state index in [2.05, 4.69) is 33.0 Å². The number of halogens is 1. The Bertz CT molecular complexity index is 958. The van der Waals surface area contributed by atoms with Crippen LogP contribution in [-0.2, 0) is 9.53 Å². The average Bonchev–Trinajstić information content (AvgIpc) is 3.26. The molecule has 1 aliphatic heterocycles. The van der Waals surface area contributed by atoms with Gasteiger partial charge in [0.1, 0.15) is 11.4 Å². The van der Waals surface area contributed by atoms with E-state index in [1.54, 1.807) is 37.7 Å². The fourth-order valence-corrected chi connectivity index (χ4v) is 4.46. The van der Waals surface area contributed by atoms with Crippen LogP contribution in [0.4, 0.5) is 5.00 Å². The molecule has 0 saturated carbocycles. The summed E-state index contributed by atoms with van der Waals surface area (Å²) in [5, 5.41) is 11.0. The first-order valence-corrected chi connectivity index (χ1v) is 11.5. The van der Waals surface area contributed by atoms with Gasteiger partial charge in [-0.25, -0.2) is 0 Å². The highest BCUT2D eigenvalue weighted by Crippen LogP contribution is 2.34. The van der Waals surface area contributed by atoms with Crippen LogP contribution in [-0.4, -0.2) is 44.7 Å². The molecule has 0 unspecified atom stereocenters. The monoisotopic (exact) mass is 490 g/mol. The lowest BCUT2D eigenvalue weighted by atomic mass is 10.1. The number of ether oxygens (including phenoxy) is 3. The summed E-state index contributed by atoms with van der Waals surface area (Å²) < 4.78 is 16.0. The molecule has 0 bridgehead atoms. The lowest BCUT2D eigenvalue weighted by Crippen LogP contribution is -2.37. The highest BCUT2D eigenvalue weighted by molar-refractivity contribution is 9.09. The van der Waals surface area contributed by atoms with E-state index in [1.165, 1.54) is 0 Å². The Labute approximate surface area is 188 Å². The van der Waals surface area contributed by atoms with Gasteiger partial charge in [-0.05, 0) is 42.0 Å². The maximum Gasteiger partial charge on any atom is 0.316 e. The number of benzene rings is 1. The first-order chi connectivity index (χ1) is 14.6. The molecule has 8 heteroatoms. The van der Waals surface area contributed by atoms with Crippen LogP contribution in [0.15, 0.2) is 30.3 Å². The number of esters is 1. The number of thiophene rings is 1. The molecule has 2 aromatic rings. The molecule has 3 rings (SSSR count). The summed E-state index contributed by atoms with van der Waals surface area (Å²) >= 11 is 4.77. The molecule has 1 aromatic carbocycles. The SMILES string of the molecule is COc1ccc(/C(C#N)=C/c2ccc(N3CCC(OC(=O)CBr)CC3)s2)cc1OC. The molecule has 0 amide bonds. The lowest BCUT2D eigenvalue weighted by molar-refractivity contribution is -0.146. The number of anilines is 1. The second-order valence-electron chi connectivity index (χ2n) is 6.73. The third-order valence-electron chi connectivity index (χ3n) is 4.88. The van der Waals surface area contributed by atoms with Crippen molar-refractivity contribution in [3.8, 4) is 17.6 Å². The predicted molar refractivity (Wildman–Crippen MR) is 122 cm³/mol. The number of carbonyl (C=O) groups excluding carboxylic acids is 1. The molecule has 1 saturated heterocycles. The number of methoxy groups -OCH3 is 2. The molecule has 158 valence electrons. The van der Waals surface area contributed by atoms with Crippen molar-refractivity contribution in [1.29, 1.82) is 5.26 Å². The lowest BCUT2D eigenvalue weighted by Gasteiger charge is -2.32. The standard InChI is InChI=1S/C22H23BrN2O4S/c1-27-19-5-3-15(12-20(19)28-2)16(14-24)11-18-4-6-21(30-18)25-9-7-17(8-10-25)29-22(26)13-23/h3-6,11-12,17H,7-10,13H2,1-2H3/b16-11+. The quantitative estimate of drug-likeness (QED) is 0.317. The van der Waals surface area contributed by atoms with Crippen LogP contribution in [0.3, 0.4) is 0 Å². The van der Waals surface area contributed by atoms with Crippen LogP contribution in [0.25, 0.3) is 11.6 Å². The molecular weight excluding hydrogens is 468 g/mol. The van der Waals surface area contributed by atoms with Crippen molar-refractivity contribution < 1.29 is 19.0 Å². The van der Waals surface area contributed by atoms with E-state index in [4.69, 9.17) is 14.2 Å². The molecule has 30 heavy (non-hydrogen) atoms. The Morgan fingerprint density at radius 3 is 2.60 bits per heavy atom. The summed E-state index contributed by atoms with van der Waals surface area (Å²) in [7, 11) is 3.16. The molecule has 1 aliphatic rings. The summed E-state index contributed by atoms with van der Waals surface area (Å²) in [6.45, 7) is 1.68. The molecule has 1 fully saturated rings. The minimum Gasteiger partial charge on any atom is -0.493 e. The second kappa shape index (κ2) is 10.5. The van der Waals surface area contributed by atoms with Gasteiger partial charge in [0.2, 0.25) is 0 Å². The summed E-state index contributed by atoms with van der Waals surface area (Å²) in [5.74, 6) is 1.00. The van der Waals surface area contributed by atoms with Crippen LogP contribution >= 0.6 is 27.3 Å². The largest absolute Gasteiger partial charge is 0.493 e. The average molecular weight is 491 g/mol.